The highest BCUT2D eigenvalue weighted by atomic mass is 16.1. The van der Waals surface area contributed by atoms with Crippen LogP contribution in [0.15, 0.2) is 41.2 Å². The van der Waals surface area contributed by atoms with Gasteiger partial charge in [-0.05, 0) is 43.4 Å². The summed E-state index contributed by atoms with van der Waals surface area (Å²) in [6.07, 6.45) is 15.0. The van der Waals surface area contributed by atoms with Gasteiger partial charge in [0.1, 0.15) is 0 Å². The molecular formula is C19H21N3O. The van der Waals surface area contributed by atoms with Crippen LogP contribution in [0.5, 0.6) is 0 Å². The zero-order valence-electron chi connectivity index (χ0n) is 13.4. The molecule has 0 saturated heterocycles. The zero-order chi connectivity index (χ0) is 15.8. The van der Waals surface area contributed by atoms with Crippen molar-refractivity contribution >= 4 is 23.4 Å². The van der Waals surface area contributed by atoms with Gasteiger partial charge < -0.3 is 9.88 Å². The third kappa shape index (κ3) is 2.48. The van der Waals surface area contributed by atoms with E-state index in [1.54, 1.807) is 6.92 Å². The van der Waals surface area contributed by atoms with E-state index in [4.69, 9.17) is 4.99 Å². The minimum absolute atomic E-state index is 0.0309. The minimum atomic E-state index is 0.0309. The summed E-state index contributed by atoms with van der Waals surface area (Å²) in [4.78, 5) is 15.9. The third-order valence-corrected chi connectivity index (χ3v) is 4.84. The van der Waals surface area contributed by atoms with E-state index < -0.39 is 0 Å². The SMILES string of the molecule is CC(=O)NCCC1CC=CC2=C1N=CC1=CCCc3ccn2c31. The molecule has 2 aliphatic carbocycles. The Balaban J connectivity index is 1.71. The number of carbonyl (C=O) groups excluding carboxylic acids is 1. The van der Waals surface area contributed by atoms with Gasteiger partial charge in [-0.25, -0.2) is 0 Å². The number of aliphatic imine (C=N–C) groups is 1. The minimum Gasteiger partial charge on any atom is -0.356 e. The van der Waals surface area contributed by atoms with E-state index in [-0.39, 0.29) is 5.91 Å². The number of aryl methyl sites for hydroxylation is 1. The summed E-state index contributed by atoms with van der Waals surface area (Å²) in [5, 5.41) is 2.90. The molecule has 118 valence electrons. The van der Waals surface area contributed by atoms with E-state index in [0.29, 0.717) is 12.5 Å². The monoisotopic (exact) mass is 307 g/mol. The standard InChI is InChI=1S/C19H21N3O/c1-13(23)20-10-8-14-4-3-7-17-18(14)21-12-16-6-2-5-15-9-11-22(17)19(15)16/h3,6-7,9,11-12,14H,2,4-5,8,10H2,1H3,(H,20,23). The van der Waals surface area contributed by atoms with Crippen LogP contribution in [0.4, 0.5) is 0 Å². The van der Waals surface area contributed by atoms with Crippen molar-refractivity contribution in [2.24, 2.45) is 10.9 Å². The van der Waals surface area contributed by atoms with Crippen molar-refractivity contribution in [3.05, 3.63) is 47.4 Å². The predicted molar refractivity (Wildman–Crippen MR) is 93.0 cm³/mol. The summed E-state index contributed by atoms with van der Waals surface area (Å²) in [5.74, 6) is 0.389. The molecule has 0 aromatic carbocycles. The number of fused-ring (bicyclic) bond motifs is 1. The molecule has 2 heterocycles. The van der Waals surface area contributed by atoms with Gasteiger partial charge in [-0.2, -0.15) is 0 Å². The Bertz CT molecular complexity index is 777. The molecule has 1 N–H and O–H groups in total. The number of allylic oxidation sites excluding steroid dienone is 6. The van der Waals surface area contributed by atoms with Crippen molar-refractivity contribution in [3.8, 4) is 0 Å². The first-order chi connectivity index (χ1) is 11.2. The number of aromatic nitrogens is 1. The molecule has 0 saturated carbocycles. The van der Waals surface area contributed by atoms with E-state index >= 15 is 0 Å². The van der Waals surface area contributed by atoms with E-state index in [1.165, 1.54) is 22.5 Å². The Kier molecular flexibility index (Phi) is 3.52. The maximum Gasteiger partial charge on any atom is 0.216 e. The Morgan fingerprint density at radius 1 is 1.48 bits per heavy atom. The van der Waals surface area contributed by atoms with Gasteiger partial charge in [-0.3, -0.25) is 9.79 Å². The molecule has 4 nitrogen and oxygen atoms in total. The molecule has 0 radical (unpaired) electrons. The predicted octanol–water partition coefficient (Wildman–Crippen LogP) is 3.17. The Morgan fingerprint density at radius 2 is 2.39 bits per heavy atom. The molecule has 23 heavy (non-hydrogen) atoms. The molecule has 1 amide bonds. The lowest BCUT2D eigenvalue weighted by Crippen LogP contribution is -2.24. The summed E-state index contributed by atoms with van der Waals surface area (Å²) in [5.41, 5.74) is 6.28. The molecule has 1 unspecified atom stereocenters. The zero-order valence-corrected chi connectivity index (χ0v) is 13.4. The Labute approximate surface area is 136 Å². The van der Waals surface area contributed by atoms with Gasteiger partial charge in [-0.1, -0.05) is 12.2 Å². The maximum absolute atomic E-state index is 11.1. The summed E-state index contributed by atoms with van der Waals surface area (Å²) >= 11 is 0. The fourth-order valence-corrected chi connectivity index (χ4v) is 3.73. The molecule has 0 bridgehead atoms. The summed E-state index contributed by atoms with van der Waals surface area (Å²) in [7, 11) is 0. The van der Waals surface area contributed by atoms with Crippen molar-refractivity contribution in [1.29, 1.82) is 0 Å². The molecule has 1 aliphatic heterocycles. The number of rotatable bonds is 3. The number of hydrogen-bond acceptors (Lipinski definition) is 2. The number of carbonyl (C=O) groups is 1. The highest BCUT2D eigenvalue weighted by Crippen LogP contribution is 2.38. The van der Waals surface area contributed by atoms with Crippen LogP contribution in [-0.4, -0.2) is 23.2 Å². The molecule has 3 aliphatic rings. The lowest BCUT2D eigenvalue weighted by Gasteiger charge is -2.23. The molecule has 4 rings (SSSR count). The van der Waals surface area contributed by atoms with Gasteiger partial charge in [0.2, 0.25) is 5.91 Å². The number of hydrogen-bond donors (Lipinski definition) is 1. The van der Waals surface area contributed by atoms with Crippen LogP contribution < -0.4 is 5.32 Å². The van der Waals surface area contributed by atoms with Crippen LogP contribution >= 0.6 is 0 Å². The second kappa shape index (κ2) is 5.69. The van der Waals surface area contributed by atoms with E-state index in [1.807, 2.05) is 6.21 Å². The van der Waals surface area contributed by atoms with Crippen LogP contribution in [0.2, 0.25) is 0 Å². The molecule has 1 aromatic heterocycles. The van der Waals surface area contributed by atoms with E-state index in [2.05, 4.69) is 40.4 Å². The maximum atomic E-state index is 11.1. The first-order valence-corrected chi connectivity index (χ1v) is 8.34. The molecule has 0 fully saturated rings. The van der Waals surface area contributed by atoms with Crippen LogP contribution in [-0.2, 0) is 11.2 Å². The number of nitrogens with zero attached hydrogens (tertiary/aromatic N) is 2. The van der Waals surface area contributed by atoms with E-state index in [9.17, 15) is 4.79 Å². The Morgan fingerprint density at radius 3 is 3.26 bits per heavy atom. The highest BCUT2D eigenvalue weighted by Gasteiger charge is 2.26. The summed E-state index contributed by atoms with van der Waals surface area (Å²) in [6, 6.07) is 2.24. The summed E-state index contributed by atoms with van der Waals surface area (Å²) in [6.45, 7) is 2.27. The van der Waals surface area contributed by atoms with Crippen LogP contribution in [0.1, 0.15) is 37.4 Å². The van der Waals surface area contributed by atoms with Gasteiger partial charge in [0.05, 0.1) is 17.1 Å². The highest BCUT2D eigenvalue weighted by molar-refractivity contribution is 6.12. The van der Waals surface area contributed by atoms with Gasteiger partial charge in [0, 0.05) is 37.4 Å². The third-order valence-electron chi connectivity index (χ3n) is 4.84. The first-order valence-electron chi connectivity index (χ1n) is 8.34. The molecule has 4 heteroatoms. The van der Waals surface area contributed by atoms with Crippen molar-refractivity contribution in [2.45, 2.75) is 32.6 Å². The van der Waals surface area contributed by atoms with Gasteiger partial charge in [0.25, 0.3) is 0 Å². The smallest absolute Gasteiger partial charge is 0.216 e. The average molecular weight is 307 g/mol. The first kappa shape index (κ1) is 14.2. The van der Waals surface area contributed by atoms with Crippen molar-refractivity contribution in [2.75, 3.05) is 6.54 Å². The normalized spacial score (nSPS) is 21.4. The number of nitrogens with one attached hydrogen (secondary N) is 1. The quantitative estimate of drug-likeness (QED) is 0.916. The fraction of sp³-hybridized carbons (Fsp3) is 0.368. The van der Waals surface area contributed by atoms with Gasteiger partial charge >= 0.3 is 0 Å². The second-order valence-electron chi connectivity index (χ2n) is 6.39. The van der Waals surface area contributed by atoms with Gasteiger partial charge in [-0.15, -0.1) is 0 Å². The topological polar surface area (TPSA) is 46.4 Å². The van der Waals surface area contributed by atoms with Crippen LogP contribution in [0, 0.1) is 5.92 Å². The van der Waals surface area contributed by atoms with Gasteiger partial charge in [0.15, 0.2) is 0 Å². The lowest BCUT2D eigenvalue weighted by molar-refractivity contribution is -0.118. The lowest BCUT2D eigenvalue weighted by atomic mass is 9.92. The largest absolute Gasteiger partial charge is 0.356 e. The van der Waals surface area contributed by atoms with E-state index in [0.717, 1.165) is 31.4 Å². The van der Waals surface area contributed by atoms with Crippen molar-refractivity contribution in [3.63, 3.8) is 0 Å². The van der Waals surface area contributed by atoms with Crippen molar-refractivity contribution < 1.29 is 4.79 Å². The second-order valence-corrected chi connectivity index (χ2v) is 6.39. The molecule has 1 atom stereocenters. The molecule has 0 spiro atoms. The molecular weight excluding hydrogens is 286 g/mol. The Hall–Kier alpha value is -2.36. The van der Waals surface area contributed by atoms with Crippen LogP contribution in [0.25, 0.3) is 11.3 Å². The fourth-order valence-electron chi connectivity index (χ4n) is 3.73. The van der Waals surface area contributed by atoms with Crippen LogP contribution in [0.3, 0.4) is 0 Å². The van der Waals surface area contributed by atoms with Crippen molar-refractivity contribution in [1.82, 2.24) is 9.88 Å². The molecule has 1 aromatic rings. The number of amides is 1. The summed E-state index contributed by atoms with van der Waals surface area (Å²) < 4.78 is 2.30. The average Bonchev–Trinajstić information content (AvgIpc) is 2.89.